The zero-order valence-corrected chi connectivity index (χ0v) is 14.0. The molecule has 1 aromatic rings. The fraction of sp³-hybridized carbons (Fsp3) is 0.588. The molecule has 5 nitrogen and oxygen atoms in total. The molecule has 0 amide bonds. The summed E-state index contributed by atoms with van der Waals surface area (Å²) in [5.41, 5.74) is 0.769. The summed E-state index contributed by atoms with van der Waals surface area (Å²) in [6.07, 6.45) is 1.66. The average Bonchev–Trinajstić information content (AvgIpc) is 2.68. The number of aliphatic hydroxyl groups is 2. The molecule has 2 heterocycles. The average molecular weight is 342 g/mol. The Balaban J connectivity index is 0.00000192. The second-order valence-corrected chi connectivity index (χ2v) is 6.37. The zero-order valence-electron chi connectivity index (χ0n) is 13.2. The highest BCUT2D eigenvalue weighted by molar-refractivity contribution is 5.85. The molecule has 128 valence electrons. The van der Waals surface area contributed by atoms with Crippen molar-refractivity contribution in [1.29, 1.82) is 0 Å². The van der Waals surface area contributed by atoms with E-state index in [0.29, 0.717) is 6.42 Å². The topological polar surface area (TPSA) is 70.0 Å². The largest absolute Gasteiger partial charge is 0.462 e. The molecule has 0 aliphatic carbocycles. The van der Waals surface area contributed by atoms with E-state index in [2.05, 4.69) is 4.90 Å². The number of nitrogens with zero attached hydrogens (tertiary/aromatic N) is 1. The van der Waals surface area contributed by atoms with Crippen LogP contribution in [0.2, 0.25) is 0 Å². The lowest BCUT2D eigenvalue weighted by Crippen LogP contribution is -2.45. The molecule has 23 heavy (non-hydrogen) atoms. The van der Waals surface area contributed by atoms with Crippen molar-refractivity contribution in [2.75, 3.05) is 13.7 Å². The number of fused-ring (bicyclic) bond motifs is 2. The van der Waals surface area contributed by atoms with E-state index in [1.54, 1.807) is 0 Å². The molecule has 0 spiro atoms. The van der Waals surface area contributed by atoms with Gasteiger partial charge in [-0.05, 0) is 19.0 Å². The summed E-state index contributed by atoms with van der Waals surface area (Å²) >= 11 is 0. The molecule has 6 heteroatoms. The van der Waals surface area contributed by atoms with E-state index in [0.717, 1.165) is 18.4 Å². The van der Waals surface area contributed by atoms with Gasteiger partial charge in [-0.2, -0.15) is 0 Å². The third-order valence-corrected chi connectivity index (χ3v) is 5.05. The van der Waals surface area contributed by atoms with Crippen molar-refractivity contribution in [3.8, 4) is 0 Å². The number of piperidine rings is 1. The second-order valence-electron chi connectivity index (χ2n) is 6.37. The summed E-state index contributed by atoms with van der Waals surface area (Å²) < 4.78 is 5.64. The van der Waals surface area contributed by atoms with Crippen molar-refractivity contribution in [2.45, 2.75) is 49.5 Å². The number of hydrogen-bond donors (Lipinski definition) is 2. The van der Waals surface area contributed by atoms with Gasteiger partial charge in [0.05, 0.1) is 12.7 Å². The highest BCUT2D eigenvalue weighted by Crippen LogP contribution is 2.36. The SMILES string of the molecule is CN1[C@H]2CC(O)[C@H]1C[C@H](OC(=O)C(CO)c1ccccc1)C2.Cl. The number of ether oxygens (including phenoxy) is 1. The molecule has 2 N–H and O–H groups in total. The summed E-state index contributed by atoms with van der Waals surface area (Å²) in [6.45, 7) is -0.259. The highest BCUT2D eigenvalue weighted by atomic mass is 35.5. The van der Waals surface area contributed by atoms with Crippen LogP contribution in [-0.4, -0.2) is 59.0 Å². The van der Waals surface area contributed by atoms with Crippen LogP contribution in [0.4, 0.5) is 0 Å². The number of halogens is 1. The quantitative estimate of drug-likeness (QED) is 0.808. The lowest BCUT2D eigenvalue weighted by atomic mass is 9.98. The van der Waals surface area contributed by atoms with E-state index in [9.17, 15) is 15.0 Å². The van der Waals surface area contributed by atoms with E-state index < -0.39 is 5.92 Å². The Bertz CT molecular complexity index is 527. The molecule has 0 saturated carbocycles. The van der Waals surface area contributed by atoms with Gasteiger partial charge >= 0.3 is 5.97 Å². The first-order chi connectivity index (χ1) is 10.6. The van der Waals surface area contributed by atoms with Gasteiger partial charge < -0.3 is 14.9 Å². The van der Waals surface area contributed by atoms with Gasteiger partial charge in [-0.1, -0.05) is 30.3 Å². The van der Waals surface area contributed by atoms with Crippen LogP contribution >= 0.6 is 12.4 Å². The number of likely N-dealkylation sites (N-methyl/N-ethyl adjacent to an activating group) is 1. The number of esters is 1. The van der Waals surface area contributed by atoms with Gasteiger partial charge in [0, 0.05) is 24.9 Å². The van der Waals surface area contributed by atoms with E-state index >= 15 is 0 Å². The standard InChI is InChI=1S/C17H23NO4.ClH/c1-18-12-7-13(9-15(18)16(20)8-12)22-17(21)14(10-19)11-5-3-2-4-6-11;/h2-6,12-16,19-20H,7-10H2,1H3;1H/t12-,13-,14?,15-,16?;/m1./s1. The van der Waals surface area contributed by atoms with Crippen molar-refractivity contribution in [3.63, 3.8) is 0 Å². The molecule has 0 radical (unpaired) electrons. The Labute approximate surface area is 142 Å². The van der Waals surface area contributed by atoms with Crippen molar-refractivity contribution in [3.05, 3.63) is 35.9 Å². The molecule has 2 unspecified atom stereocenters. The number of aliphatic hydroxyl groups excluding tert-OH is 2. The van der Waals surface area contributed by atoms with Gasteiger partial charge in [-0.25, -0.2) is 0 Å². The predicted octanol–water partition coefficient (Wildman–Crippen LogP) is 1.32. The molecular weight excluding hydrogens is 318 g/mol. The van der Waals surface area contributed by atoms with Crippen molar-refractivity contribution >= 4 is 18.4 Å². The molecule has 5 atom stereocenters. The summed E-state index contributed by atoms with van der Waals surface area (Å²) in [5.74, 6) is -1.01. The maximum atomic E-state index is 12.4. The number of carbonyl (C=O) groups excluding carboxylic acids is 1. The molecule has 2 saturated heterocycles. The fourth-order valence-corrected chi connectivity index (χ4v) is 3.74. The summed E-state index contributed by atoms with van der Waals surface area (Å²) in [4.78, 5) is 14.6. The summed E-state index contributed by atoms with van der Waals surface area (Å²) in [7, 11) is 2.02. The van der Waals surface area contributed by atoms with Gasteiger partial charge in [0.1, 0.15) is 12.0 Å². The van der Waals surface area contributed by atoms with Gasteiger partial charge in [-0.15, -0.1) is 12.4 Å². The van der Waals surface area contributed by atoms with Crippen LogP contribution in [0.1, 0.15) is 30.7 Å². The zero-order chi connectivity index (χ0) is 15.7. The van der Waals surface area contributed by atoms with E-state index in [4.69, 9.17) is 4.74 Å². The van der Waals surface area contributed by atoms with Gasteiger partial charge in [-0.3, -0.25) is 9.69 Å². The molecule has 2 aliphatic rings. The van der Waals surface area contributed by atoms with Crippen LogP contribution in [0.25, 0.3) is 0 Å². The Morgan fingerprint density at radius 3 is 2.61 bits per heavy atom. The van der Waals surface area contributed by atoms with E-state index in [-0.39, 0.29) is 49.3 Å². The number of benzene rings is 1. The first-order valence-corrected chi connectivity index (χ1v) is 7.86. The molecular formula is C17H24ClNO4. The summed E-state index contributed by atoms with van der Waals surface area (Å²) in [6, 6.07) is 9.56. The van der Waals surface area contributed by atoms with Crippen molar-refractivity contribution < 1.29 is 19.7 Å². The molecule has 2 bridgehead atoms. The van der Waals surface area contributed by atoms with Gasteiger partial charge in [0.25, 0.3) is 0 Å². The minimum atomic E-state index is -0.636. The minimum absolute atomic E-state index is 0. The first-order valence-electron chi connectivity index (χ1n) is 7.86. The van der Waals surface area contributed by atoms with Gasteiger partial charge in [0.15, 0.2) is 0 Å². The molecule has 3 rings (SSSR count). The van der Waals surface area contributed by atoms with Crippen LogP contribution < -0.4 is 0 Å². The monoisotopic (exact) mass is 341 g/mol. The predicted molar refractivity (Wildman–Crippen MR) is 88.6 cm³/mol. The Kier molecular flexibility index (Phi) is 6.03. The molecule has 1 aromatic carbocycles. The number of rotatable bonds is 4. The van der Waals surface area contributed by atoms with Gasteiger partial charge in [0.2, 0.25) is 0 Å². The van der Waals surface area contributed by atoms with E-state index in [1.807, 2.05) is 37.4 Å². The Morgan fingerprint density at radius 1 is 1.30 bits per heavy atom. The second kappa shape index (κ2) is 7.62. The van der Waals surface area contributed by atoms with Crippen LogP contribution in [0.5, 0.6) is 0 Å². The normalized spacial score (nSPS) is 31.3. The maximum absolute atomic E-state index is 12.4. The van der Waals surface area contributed by atoms with Crippen molar-refractivity contribution in [1.82, 2.24) is 4.90 Å². The minimum Gasteiger partial charge on any atom is -0.462 e. The lowest BCUT2D eigenvalue weighted by molar-refractivity contribution is -0.155. The van der Waals surface area contributed by atoms with Crippen LogP contribution in [-0.2, 0) is 9.53 Å². The number of carbonyl (C=O) groups is 1. The summed E-state index contributed by atoms with van der Waals surface area (Å²) in [5, 5.41) is 19.6. The highest BCUT2D eigenvalue weighted by Gasteiger charge is 2.45. The molecule has 0 aromatic heterocycles. The molecule has 2 aliphatic heterocycles. The lowest BCUT2D eigenvalue weighted by Gasteiger charge is -2.36. The first kappa shape index (κ1) is 18.2. The third-order valence-electron chi connectivity index (χ3n) is 5.05. The van der Waals surface area contributed by atoms with Crippen LogP contribution in [0, 0.1) is 0 Å². The van der Waals surface area contributed by atoms with Crippen LogP contribution in [0.15, 0.2) is 30.3 Å². The van der Waals surface area contributed by atoms with E-state index in [1.165, 1.54) is 0 Å². The Hall–Kier alpha value is -1.14. The maximum Gasteiger partial charge on any atom is 0.316 e. The fourth-order valence-electron chi connectivity index (χ4n) is 3.74. The Morgan fingerprint density at radius 2 is 2.00 bits per heavy atom. The van der Waals surface area contributed by atoms with Crippen molar-refractivity contribution in [2.24, 2.45) is 0 Å². The molecule has 2 fully saturated rings. The third kappa shape index (κ3) is 3.69. The van der Waals surface area contributed by atoms with Crippen LogP contribution in [0.3, 0.4) is 0 Å². The smallest absolute Gasteiger partial charge is 0.316 e. The number of hydrogen-bond acceptors (Lipinski definition) is 5.